The number of hydrogen-bond acceptors (Lipinski definition) is 2. The van der Waals surface area contributed by atoms with Gasteiger partial charge in [-0.2, -0.15) is 0 Å². The van der Waals surface area contributed by atoms with E-state index in [2.05, 4.69) is 20.4 Å². The van der Waals surface area contributed by atoms with Gasteiger partial charge in [-0.15, -0.1) is 0 Å². The molecule has 0 amide bonds. The second kappa shape index (κ2) is 36.7. The van der Waals surface area contributed by atoms with E-state index in [1.54, 1.807) is 6.92 Å². The summed E-state index contributed by atoms with van der Waals surface area (Å²) >= 11 is 0. The first-order valence-electron chi connectivity index (χ1n) is 20.5. The van der Waals surface area contributed by atoms with Crippen molar-refractivity contribution in [3.05, 3.63) is 12.2 Å². The minimum absolute atomic E-state index is 0.0855. The van der Waals surface area contributed by atoms with Crippen LogP contribution in [-0.2, 0) is 9.53 Å². The predicted octanol–water partition coefficient (Wildman–Crippen LogP) is 15.2. The normalized spacial score (nSPS) is 12.1. The second-order valence-electron chi connectivity index (χ2n) is 14.3. The molecule has 0 aliphatic heterocycles. The molecule has 0 saturated carbocycles. The maximum Gasteiger partial charge on any atom is 0.333 e. The summed E-state index contributed by atoms with van der Waals surface area (Å²) in [5.41, 5.74) is 0.532. The van der Waals surface area contributed by atoms with Crippen LogP contribution in [0.15, 0.2) is 12.2 Å². The van der Waals surface area contributed by atoms with E-state index in [4.69, 9.17) is 4.74 Å². The Kier molecular flexibility index (Phi) is 36.0. The number of unbranched alkanes of at least 4 members (excludes halogenated alkanes) is 31. The van der Waals surface area contributed by atoms with Gasteiger partial charge in [0.15, 0.2) is 0 Å². The highest BCUT2D eigenvalue weighted by atomic mass is 16.5. The van der Waals surface area contributed by atoms with E-state index in [0.29, 0.717) is 5.57 Å². The second-order valence-corrected chi connectivity index (χ2v) is 14.3. The molecule has 44 heavy (non-hydrogen) atoms. The van der Waals surface area contributed by atoms with Gasteiger partial charge in [0.1, 0.15) is 6.10 Å². The van der Waals surface area contributed by atoms with E-state index >= 15 is 0 Å². The van der Waals surface area contributed by atoms with Crippen molar-refractivity contribution in [2.24, 2.45) is 0 Å². The third-order valence-electron chi connectivity index (χ3n) is 9.63. The van der Waals surface area contributed by atoms with Gasteiger partial charge in [-0.1, -0.05) is 219 Å². The van der Waals surface area contributed by atoms with Crippen molar-refractivity contribution in [1.82, 2.24) is 0 Å². The summed E-state index contributed by atoms with van der Waals surface area (Å²) in [7, 11) is 0. The number of esters is 1. The minimum Gasteiger partial charge on any atom is -0.459 e. The van der Waals surface area contributed by atoms with E-state index in [9.17, 15) is 4.79 Å². The lowest BCUT2D eigenvalue weighted by Gasteiger charge is -2.18. The molecule has 0 heterocycles. The van der Waals surface area contributed by atoms with Crippen LogP contribution < -0.4 is 0 Å². The Morgan fingerprint density at radius 2 is 0.614 bits per heavy atom. The van der Waals surface area contributed by atoms with Crippen molar-refractivity contribution in [2.45, 2.75) is 252 Å². The van der Waals surface area contributed by atoms with Crippen molar-refractivity contribution >= 4 is 5.97 Å². The zero-order valence-electron chi connectivity index (χ0n) is 30.8. The van der Waals surface area contributed by atoms with Gasteiger partial charge in [-0.25, -0.2) is 4.79 Å². The van der Waals surface area contributed by atoms with Crippen molar-refractivity contribution in [3.8, 4) is 0 Å². The molecule has 0 rings (SSSR count). The minimum atomic E-state index is -0.196. The molecule has 1 unspecified atom stereocenters. The molecule has 0 aromatic heterocycles. The molecule has 0 radical (unpaired) electrons. The van der Waals surface area contributed by atoms with Gasteiger partial charge >= 0.3 is 5.97 Å². The molecule has 0 spiro atoms. The Morgan fingerprint density at radius 1 is 0.409 bits per heavy atom. The molecule has 0 N–H and O–H groups in total. The van der Waals surface area contributed by atoms with Crippen LogP contribution in [0, 0.1) is 0 Å². The Morgan fingerprint density at radius 3 is 0.818 bits per heavy atom. The number of carbonyl (C=O) groups is 1. The molecule has 0 saturated heterocycles. The van der Waals surface area contributed by atoms with E-state index in [-0.39, 0.29) is 12.1 Å². The fraction of sp³-hybridized carbons (Fsp3) is 0.929. The molecule has 2 heteroatoms. The van der Waals surface area contributed by atoms with Crippen LogP contribution >= 0.6 is 0 Å². The Hall–Kier alpha value is -0.790. The summed E-state index contributed by atoms with van der Waals surface area (Å²) in [6, 6.07) is 0. The number of rotatable bonds is 37. The fourth-order valence-electron chi connectivity index (χ4n) is 6.53. The summed E-state index contributed by atoms with van der Waals surface area (Å²) in [6.45, 7) is 10.2. The van der Waals surface area contributed by atoms with Gasteiger partial charge in [0, 0.05) is 5.57 Å². The summed E-state index contributed by atoms with van der Waals surface area (Å²) in [5, 5.41) is 0. The SMILES string of the molecule is C=C(C)C(=O)OC(CCCCCCCCCCCCCCCC)CCCCCCCCCCCCCCCCCCCCC. The first kappa shape index (κ1) is 43.2. The van der Waals surface area contributed by atoms with Crippen LogP contribution in [0.2, 0.25) is 0 Å². The molecular weight excluding hydrogens is 536 g/mol. The first-order valence-corrected chi connectivity index (χ1v) is 20.5. The Labute approximate surface area is 278 Å². The molecule has 0 aromatic carbocycles. The number of hydrogen-bond donors (Lipinski definition) is 0. The van der Waals surface area contributed by atoms with E-state index in [0.717, 1.165) is 12.8 Å². The fourth-order valence-corrected chi connectivity index (χ4v) is 6.53. The third kappa shape index (κ3) is 34.1. The average molecular weight is 619 g/mol. The lowest BCUT2D eigenvalue weighted by Crippen LogP contribution is -2.18. The lowest BCUT2D eigenvalue weighted by molar-refractivity contribution is -0.145. The number of carbonyl (C=O) groups excluding carboxylic acids is 1. The lowest BCUT2D eigenvalue weighted by atomic mass is 10.0. The van der Waals surface area contributed by atoms with Gasteiger partial charge < -0.3 is 4.74 Å². The van der Waals surface area contributed by atoms with Gasteiger partial charge in [-0.05, 0) is 32.6 Å². The molecule has 0 fully saturated rings. The maximum absolute atomic E-state index is 12.2. The molecule has 0 aromatic rings. The van der Waals surface area contributed by atoms with Gasteiger partial charge in [0.05, 0.1) is 0 Å². The molecule has 2 nitrogen and oxygen atoms in total. The van der Waals surface area contributed by atoms with E-state index in [1.165, 1.54) is 212 Å². The van der Waals surface area contributed by atoms with Crippen LogP contribution in [0.3, 0.4) is 0 Å². The van der Waals surface area contributed by atoms with Crippen molar-refractivity contribution in [3.63, 3.8) is 0 Å². The quantitative estimate of drug-likeness (QED) is 0.0393. The third-order valence-corrected chi connectivity index (χ3v) is 9.63. The van der Waals surface area contributed by atoms with Crippen LogP contribution in [0.25, 0.3) is 0 Å². The molecular formula is C42H82O2. The Balaban J connectivity index is 3.64. The van der Waals surface area contributed by atoms with E-state index in [1.807, 2.05) is 0 Å². The standard InChI is InChI=1S/C42H82O2/c1-5-7-9-11-13-15-17-19-21-22-23-24-25-27-29-31-33-35-37-39-41(44-42(43)40(3)4)38-36-34-32-30-28-26-20-18-16-14-12-10-8-6-2/h41H,3,5-39H2,1-2,4H3. The Bertz CT molecular complexity index is 582. The van der Waals surface area contributed by atoms with Crippen LogP contribution in [-0.4, -0.2) is 12.1 Å². The van der Waals surface area contributed by atoms with Crippen LogP contribution in [0.1, 0.15) is 245 Å². The molecule has 0 aliphatic carbocycles. The summed E-state index contributed by atoms with van der Waals surface area (Å²) < 4.78 is 5.82. The smallest absolute Gasteiger partial charge is 0.333 e. The monoisotopic (exact) mass is 619 g/mol. The average Bonchev–Trinajstić information content (AvgIpc) is 3.02. The summed E-state index contributed by atoms with van der Waals surface area (Å²) in [5.74, 6) is -0.196. The van der Waals surface area contributed by atoms with Crippen molar-refractivity contribution in [2.75, 3.05) is 0 Å². The van der Waals surface area contributed by atoms with Gasteiger partial charge in [0.2, 0.25) is 0 Å². The van der Waals surface area contributed by atoms with Crippen molar-refractivity contribution < 1.29 is 9.53 Å². The highest BCUT2D eigenvalue weighted by Gasteiger charge is 2.14. The zero-order valence-corrected chi connectivity index (χ0v) is 30.8. The molecule has 1 atom stereocenters. The van der Waals surface area contributed by atoms with Crippen LogP contribution in [0.4, 0.5) is 0 Å². The molecule has 262 valence electrons. The van der Waals surface area contributed by atoms with E-state index < -0.39 is 0 Å². The predicted molar refractivity (Wildman–Crippen MR) is 198 cm³/mol. The largest absolute Gasteiger partial charge is 0.459 e. The highest BCUT2D eigenvalue weighted by molar-refractivity contribution is 5.87. The van der Waals surface area contributed by atoms with Gasteiger partial charge in [0.25, 0.3) is 0 Å². The van der Waals surface area contributed by atoms with Crippen molar-refractivity contribution in [1.29, 1.82) is 0 Å². The maximum atomic E-state index is 12.2. The molecule has 0 bridgehead atoms. The highest BCUT2D eigenvalue weighted by Crippen LogP contribution is 2.19. The van der Waals surface area contributed by atoms with Gasteiger partial charge in [-0.3, -0.25) is 0 Å². The molecule has 0 aliphatic rings. The first-order chi connectivity index (χ1) is 21.6. The topological polar surface area (TPSA) is 26.3 Å². The summed E-state index contributed by atoms with van der Waals surface area (Å²) in [6.07, 6.45) is 48.2. The zero-order chi connectivity index (χ0) is 32.2. The van der Waals surface area contributed by atoms with Crippen LogP contribution in [0.5, 0.6) is 0 Å². The summed E-state index contributed by atoms with van der Waals surface area (Å²) in [4.78, 5) is 12.2. The number of ether oxygens (including phenoxy) is 1.